The van der Waals surface area contributed by atoms with E-state index in [0.29, 0.717) is 37.3 Å². The first-order valence-corrected chi connectivity index (χ1v) is 10.5. The molecule has 31 heavy (non-hydrogen) atoms. The van der Waals surface area contributed by atoms with Crippen molar-refractivity contribution in [3.63, 3.8) is 0 Å². The first-order valence-electron chi connectivity index (χ1n) is 8.92. The van der Waals surface area contributed by atoms with E-state index in [0.717, 1.165) is 23.5 Å². The summed E-state index contributed by atoms with van der Waals surface area (Å²) in [5.41, 5.74) is 0.665. The van der Waals surface area contributed by atoms with Crippen molar-refractivity contribution < 1.29 is 22.4 Å². The lowest BCUT2D eigenvalue weighted by atomic mass is 10.1. The van der Waals surface area contributed by atoms with Gasteiger partial charge in [-0.2, -0.15) is 13.2 Å². The van der Waals surface area contributed by atoms with Gasteiger partial charge in [0.15, 0.2) is 10.9 Å². The second kappa shape index (κ2) is 8.18. The van der Waals surface area contributed by atoms with E-state index >= 15 is 0 Å². The molecule has 10 heteroatoms. The minimum absolute atomic E-state index is 0.0904. The zero-order valence-electron chi connectivity index (χ0n) is 15.8. The number of hydrogen-bond acceptors (Lipinski definition) is 4. The van der Waals surface area contributed by atoms with E-state index in [9.17, 15) is 18.0 Å². The van der Waals surface area contributed by atoms with Crippen molar-refractivity contribution in [3.05, 3.63) is 80.0 Å². The zero-order valence-corrected chi connectivity index (χ0v) is 18.1. The van der Waals surface area contributed by atoms with Crippen molar-refractivity contribution in [2.75, 3.05) is 5.32 Å². The maximum absolute atomic E-state index is 13.0. The first-order chi connectivity index (χ1) is 14.6. The normalized spacial score (nSPS) is 11.8. The summed E-state index contributed by atoms with van der Waals surface area (Å²) >= 11 is 13.2. The molecule has 4 rings (SSSR count). The molecule has 0 radical (unpaired) electrons. The lowest BCUT2D eigenvalue weighted by Crippen LogP contribution is -2.10. The first kappa shape index (κ1) is 21.7. The molecule has 4 nitrogen and oxygen atoms in total. The summed E-state index contributed by atoms with van der Waals surface area (Å²) in [5, 5.41) is 4.40. The molecular weight excluding hydrogens is 472 g/mol. The SMILES string of the molecule is Cc1nc(NC(=O)c2cc3cc(Cl)ccc3o2)sc1Cc1cc(C(F)(F)F)ccc1Cl. The van der Waals surface area contributed by atoms with Gasteiger partial charge in [0.05, 0.1) is 11.3 Å². The molecule has 4 aromatic rings. The highest BCUT2D eigenvalue weighted by Gasteiger charge is 2.31. The van der Waals surface area contributed by atoms with Crippen LogP contribution in [0.5, 0.6) is 0 Å². The molecule has 2 heterocycles. The average molecular weight is 485 g/mol. The molecule has 0 atom stereocenters. The van der Waals surface area contributed by atoms with Crippen molar-refractivity contribution in [1.29, 1.82) is 0 Å². The number of carbonyl (C=O) groups is 1. The van der Waals surface area contributed by atoms with Gasteiger partial charge in [-0.05, 0) is 55.0 Å². The van der Waals surface area contributed by atoms with Gasteiger partial charge in [-0.1, -0.05) is 23.2 Å². The number of amides is 1. The molecule has 1 amide bonds. The molecule has 2 aromatic heterocycles. The van der Waals surface area contributed by atoms with E-state index in [1.54, 1.807) is 31.2 Å². The molecule has 0 saturated carbocycles. The van der Waals surface area contributed by atoms with E-state index in [1.807, 2.05) is 0 Å². The van der Waals surface area contributed by atoms with Crippen LogP contribution in [0.2, 0.25) is 10.0 Å². The van der Waals surface area contributed by atoms with Crippen molar-refractivity contribution in [3.8, 4) is 0 Å². The van der Waals surface area contributed by atoms with E-state index in [2.05, 4.69) is 10.3 Å². The number of rotatable bonds is 4. The maximum Gasteiger partial charge on any atom is 0.416 e. The number of aryl methyl sites for hydroxylation is 1. The van der Waals surface area contributed by atoms with Crippen molar-refractivity contribution in [2.45, 2.75) is 19.5 Å². The fourth-order valence-corrected chi connectivity index (χ4v) is 4.34. The maximum atomic E-state index is 13.0. The Hall–Kier alpha value is -2.55. The van der Waals surface area contributed by atoms with Crippen LogP contribution in [0.3, 0.4) is 0 Å². The van der Waals surface area contributed by atoms with Crippen molar-refractivity contribution >= 4 is 56.5 Å². The number of alkyl halides is 3. The minimum Gasteiger partial charge on any atom is -0.451 e. The number of nitrogens with one attached hydrogen (secondary N) is 1. The highest BCUT2D eigenvalue weighted by atomic mass is 35.5. The quantitative estimate of drug-likeness (QED) is 0.329. The van der Waals surface area contributed by atoms with Crippen LogP contribution in [0, 0.1) is 6.92 Å². The van der Waals surface area contributed by atoms with Crippen LogP contribution in [0.1, 0.15) is 32.3 Å². The Morgan fingerprint density at radius 2 is 1.94 bits per heavy atom. The average Bonchev–Trinajstić information content (AvgIpc) is 3.25. The standard InChI is InChI=1S/C21H13Cl2F3N2O2S/c1-10-18(9-11-6-13(21(24,25)26)2-4-15(11)23)31-20(27-10)28-19(29)17-8-12-7-14(22)3-5-16(12)30-17/h2-8H,9H2,1H3,(H,27,28,29). The van der Waals surface area contributed by atoms with Crippen LogP contribution in [-0.2, 0) is 12.6 Å². The van der Waals surface area contributed by atoms with Gasteiger partial charge in [-0.25, -0.2) is 4.98 Å². The third-order valence-electron chi connectivity index (χ3n) is 4.54. The smallest absolute Gasteiger partial charge is 0.416 e. The molecule has 0 saturated heterocycles. The van der Waals surface area contributed by atoms with Crippen molar-refractivity contribution in [2.24, 2.45) is 0 Å². The van der Waals surface area contributed by atoms with Crippen LogP contribution in [0.15, 0.2) is 46.9 Å². The van der Waals surface area contributed by atoms with Gasteiger partial charge < -0.3 is 4.42 Å². The number of nitrogens with zero attached hydrogens (tertiary/aromatic N) is 1. The summed E-state index contributed by atoms with van der Waals surface area (Å²) in [6.07, 6.45) is -4.30. The summed E-state index contributed by atoms with van der Waals surface area (Å²) in [6.45, 7) is 1.71. The van der Waals surface area contributed by atoms with Gasteiger partial charge in [0, 0.05) is 26.7 Å². The zero-order chi connectivity index (χ0) is 22.3. The number of thiazole rings is 1. The highest BCUT2D eigenvalue weighted by molar-refractivity contribution is 7.15. The topological polar surface area (TPSA) is 55.1 Å². The molecule has 0 fully saturated rings. The van der Waals surface area contributed by atoms with Gasteiger partial charge in [0.25, 0.3) is 5.91 Å². The Kier molecular flexibility index (Phi) is 5.72. The molecule has 0 spiro atoms. The number of aromatic nitrogens is 1. The molecular formula is C21H13Cl2F3N2O2S. The molecule has 160 valence electrons. The Labute approximate surface area is 188 Å². The predicted molar refractivity (Wildman–Crippen MR) is 115 cm³/mol. The van der Waals surface area contributed by atoms with Gasteiger partial charge in [-0.15, -0.1) is 11.3 Å². The van der Waals surface area contributed by atoms with Crippen LogP contribution in [0.25, 0.3) is 11.0 Å². The van der Waals surface area contributed by atoms with Crippen LogP contribution in [0.4, 0.5) is 18.3 Å². The van der Waals surface area contributed by atoms with Gasteiger partial charge >= 0.3 is 6.18 Å². The second-order valence-electron chi connectivity index (χ2n) is 6.76. The molecule has 0 aliphatic rings. The number of anilines is 1. The lowest BCUT2D eigenvalue weighted by Gasteiger charge is -2.10. The predicted octanol–water partition coefficient (Wildman–Crippen LogP) is 7.37. The number of halogens is 5. The van der Waals surface area contributed by atoms with Crippen LogP contribution >= 0.6 is 34.5 Å². The third kappa shape index (κ3) is 4.71. The largest absolute Gasteiger partial charge is 0.451 e. The van der Waals surface area contributed by atoms with E-state index < -0.39 is 17.6 Å². The Morgan fingerprint density at radius 3 is 2.68 bits per heavy atom. The fourth-order valence-electron chi connectivity index (χ4n) is 2.99. The monoisotopic (exact) mass is 484 g/mol. The highest BCUT2D eigenvalue weighted by Crippen LogP contribution is 2.34. The summed E-state index contributed by atoms with van der Waals surface area (Å²) < 4.78 is 44.6. The summed E-state index contributed by atoms with van der Waals surface area (Å²) in [6, 6.07) is 9.77. The molecule has 1 N–H and O–H groups in total. The summed E-state index contributed by atoms with van der Waals surface area (Å²) in [4.78, 5) is 17.5. The van der Waals surface area contributed by atoms with Gasteiger partial charge in [0.2, 0.25) is 0 Å². The number of carbonyl (C=O) groups excluding carboxylic acids is 1. The van der Waals surface area contributed by atoms with E-state index in [-0.39, 0.29) is 17.2 Å². The summed E-state index contributed by atoms with van der Waals surface area (Å²) in [7, 11) is 0. The fraction of sp³-hybridized carbons (Fsp3) is 0.143. The van der Waals surface area contributed by atoms with Crippen LogP contribution < -0.4 is 5.32 Å². The van der Waals surface area contributed by atoms with E-state index in [4.69, 9.17) is 27.6 Å². The Morgan fingerprint density at radius 1 is 1.16 bits per heavy atom. The van der Waals surface area contributed by atoms with Crippen molar-refractivity contribution in [1.82, 2.24) is 4.98 Å². The second-order valence-corrected chi connectivity index (χ2v) is 8.68. The van der Waals surface area contributed by atoms with Gasteiger partial charge in [0.1, 0.15) is 5.58 Å². The summed E-state index contributed by atoms with van der Waals surface area (Å²) in [5.74, 6) is -0.405. The van der Waals surface area contributed by atoms with Crippen LogP contribution in [-0.4, -0.2) is 10.9 Å². The lowest BCUT2D eigenvalue weighted by molar-refractivity contribution is -0.137. The molecule has 0 aliphatic heterocycles. The molecule has 0 aliphatic carbocycles. The molecule has 0 bridgehead atoms. The number of hydrogen-bond donors (Lipinski definition) is 1. The molecule has 0 unspecified atom stereocenters. The molecule has 2 aromatic carbocycles. The number of fused-ring (bicyclic) bond motifs is 1. The third-order valence-corrected chi connectivity index (χ3v) is 6.22. The van der Waals surface area contributed by atoms with Gasteiger partial charge in [-0.3, -0.25) is 10.1 Å². The Balaban J connectivity index is 1.54. The number of furan rings is 1. The van der Waals surface area contributed by atoms with E-state index in [1.165, 1.54) is 6.07 Å². The minimum atomic E-state index is -4.46. The Bertz CT molecular complexity index is 1300. The number of benzene rings is 2.